The van der Waals surface area contributed by atoms with Crippen LogP contribution < -0.4 is 0 Å². The van der Waals surface area contributed by atoms with Gasteiger partial charge in [-0.2, -0.15) is 5.26 Å². The van der Waals surface area contributed by atoms with Crippen LogP contribution in [0.1, 0.15) is 35.2 Å². The number of benzene rings is 1. The molecule has 0 spiro atoms. The lowest BCUT2D eigenvalue weighted by molar-refractivity contribution is 0.0667. The second-order valence-corrected chi connectivity index (χ2v) is 4.66. The van der Waals surface area contributed by atoms with E-state index in [9.17, 15) is 9.90 Å². The van der Waals surface area contributed by atoms with Crippen molar-refractivity contribution in [3.63, 3.8) is 0 Å². The van der Waals surface area contributed by atoms with Crippen molar-refractivity contribution in [3.05, 3.63) is 29.3 Å². The lowest BCUT2D eigenvalue weighted by atomic mass is 10.0. The molecular formula is C14H16N2O2. The van der Waals surface area contributed by atoms with Crippen LogP contribution in [0.2, 0.25) is 0 Å². The van der Waals surface area contributed by atoms with Crippen molar-refractivity contribution in [2.75, 3.05) is 6.54 Å². The molecule has 1 N–H and O–H groups in total. The van der Waals surface area contributed by atoms with Crippen LogP contribution in [0.4, 0.5) is 0 Å². The van der Waals surface area contributed by atoms with Crippen LogP contribution in [0, 0.1) is 18.3 Å². The zero-order valence-corrected chi connectivity index (χ0v) is 10.4. The minimum absolute atomic E-state index is 0.0118. The highest BCUT2D eigenvalue weighted by atomic mass is 16.3. The molecule has 1 fully saturated rings. The molecule has 1 aliphatic heterocycles. The summed E-state index contributed by atoms with van der Waals surface area (Å²) < 4.78 is 0. The van der Waals surface area contributed by atoms with E-state index < -0.39 is 0 Å². The van der Waals surface area contributed by atoms with Crippen molar-refractivity contribution in [1.82, 2.24) is 4.90 Å². The van der Waals surface area contributed by atoms with E-state index in [2.05, 4.69) is 6.07 Å². The number of phenolic OH excluding ortho intramolecular Hbond substituents is 1. The summed E-state index contributed by atoms with van der Waals surface area (Å²) in [6.07, 6.45) is 2.60. The van der Waals surface area contributed by atoms with Gasteiger partial charge >= 0.3 is 0 Å². The second-order valence-electron chi connectivity index (χ2n) is 4.66. The number of aromatic hydroxyl groups is 1. The maximum absolute atomic E-state index is 12.3. The summed E-state index contributed by atoms with van der Waals surface area (Å²) in [6.45, 7) is 2.44. The van der Waals surface area contributed by atoms with Gasteiger partial charge in [-0.25, -0.2) is 0 Å². The van der Waals surface area contributed by atoms with Crippen LogP contribution in [0.15, 0.2) is 18.2 Å². The van der Waals surface area contributed by atoms with E-state index in [1.165, 1.54) is 0 Å². The third kappa shape index (κ3) is 2.30. The Balaban J connectivity index is 2.27. The Kier molecular flexibility index (Phi) is 3.52. The van der Waals surface area contributed by atoms with Gasteiger partial charge in [-0.1, -0.05) is 6.07 Å². The number of hydrogen-bond donors (Lipinski definition) is 1. The maximum atomic E-state index is 12.3. The monoisotopic (exact) mass is 244 g/mol. The summed E-state index contributed by atoms with van der Waals surface area (Å²) in [5, 5.41) is 18.9. The van der Waals surface area contributed by atoms with E-state index in [0.717, 1.165) is 24.8 Å². The van der Waals surface area contributed by atoms with Gasteiger partial charge in [0.1, 0.15) is 11.8 Å². The molecule has 0 aliphatic carbocycles. The number of nitrogens with zero attached hydrogens (tertiary/aromatic N) is 2. The number of aryl methyl sites for hydroxylation is 1. The molecule has 1 atom stereocenters. The molecule has 1 aliphatic rings. The van der Waals surface area contributed by atoms with Crippen LogP contribution >= 0.6 is 0 Å². The highest BCUT2D eigenvalue weighted by Crippen LogP contribution is 2.24. The standard InChI is InChI=1S/C14H16N2O2/c1-10-5-6-12(13(17)8-10)14(18)16-7-3-2-4-11(16)9-15/h5-6,8,11,17H,2-4,7H2,1H3. The molecule has 2 rings (SSSR count). The summed E-state index contributed by atoms with van der Waals surface area (Å²) >= 11 is 0. The SMILES string of the molecule is Cc1ccc(C(=O)N2CCCCC2C#N)c(O)c1. The molecule has 0 saturated carbocycles. The quantitative estimate of drug-likeness (QED) is 0.823. The second kappa shape index (κ2) is 5.09. The van der Waals surface area contributed by atoms with E-state index >= 15 is 0 Å². The van der Waals surface area contributed by atoms with Gasteiger partial charge < -0.3 is 10.0 Å². The van der Waals surface area contributed by atoms with Gasteiger partial charge in [0.15, 0.2) is 0 Å². The zero-order chi connectivity index (χ0) is 13.1. The highest BCUT2D eigenvalue weighted by Gasteiger charge is 2.28. The number of rotatable bonds is 1. The Morgan fingerprint density at radius 1 is 1.50 bits per heavy atom. The fraction of sp³-hybridized carbons (Fsp3) is 0.429. The van der Waals surface area contributed by atoms with Crippen LogP contribution in [0.5, 0.6) is 5.75 Å². The summed E-state index contributed by atoms with van der Waals surface area (Å²) in [5.41, 5.74) is 1.18. The summed E-state index contributed by atoms with van der Waals surface area (Å²) in [5.74, 6) is -0.263. The van der Waals surface area contributed by atoms with Crippen LogP contribution in [0.3, 0.4) is 0 Å². The van der Waals surface area contributed by atoms with Crippen LogP contribution in [-0.4, -0.2) is 28.5 Å². The van der Waals surface area contributed by atoms with Gasteiger partial charge in [0.25, 0.3) is 5.91 Å². The van der Waals surface area contributed by atoms with Crippen molar-refractivity contribution in [2.45, 2.75) is 32.2 Å². The number of carbonyl (C=O) groups excluding carboxylic acids is 1. The van der Waals surface area contributed by atoms with Gasteiger partial charge in [0.2, 0.25) is 0 Å². The number of likely N-dealkylation sites (tertiary alicyclic amines) is 1. The van der Waals surface area contributed by atoms with Crippen molar-refractivity contribution >= 4 is 5.91 Å². The largest absolute Gasteiger partial charge is 0.507 e. The van der Waals surface area contributed by atoms with E-state index in [1.807, 2.05) is 6.92 Å². The first-order chi connectivity index (χ1) is 8.63. The van der Waals surface area contributed by atoms with E-state index in [-0.39, 0.29) is 23.3 Å². The van der Waals surface area contributed by atoms with Crippen molar-refractivity contribution in [1.29, 1.82) is 5.26 Å². The molecule has 1 aromatic rings. The van der Waals surface area contributed by atoms with Crippen molar-refractivity contribution in [3.8, 4) is 11.8 Å². The Hall–Kier alpha value is -2.02. The Morgan fingerprint density at radius 2 is 2.28 bits per heavy atom. The predicted octanol–water partition coefficient (Wildman–Crippen LogP) is 2.22. The maximum Gasteiger partial charge on any atom is 0.258 e. The molecule has 1 unspecified atom stereocenters. The normalized spacial score (nSPS) is 19.3. The molecule has 4 nitrogen and oxygen atoms in total. The molecule has 0 bridgehead atoms. The molecule has 1 amide bonds. The first kappa shape index (κ1) is 12.4. The number of amides is 1. The fourth-order valence-electron chi connectivity index (χ4n) is 2.29. The number of phenols is 1. The molecule has 4 heteroatoms. The minimum Gasteiger partial charge on any atom is -0.507 e. The summed E-state index contributed by atoms with van der Waals surface area (Å²) in [6, 6.07) is 6.77. The minimum atomic E-state index is -0.369. The average molecular weight is 244 g/mol. The molecule has 1 aromatic carbocycles. The third-order valence-electron chi connectivity index (χ3n) is 3.30. The number of carbonyl (C=O) groups is 1. The Labute approximate surface area is 106 Å². The molecular weight excluding hydrogens is 228 g/mol. The van der Waals surface area contributed by atoms with Crippen LogP contribution in [0.25, 0.3) is 0 Å². The molecule has 1 heterocycles. The predicted molar refractivity (Wildman–Crippen MR) is 67.1 cm³/mol. The third-order valence-corrected chi connectivity index (χ3v) is 3.30. The topological polar surface area (TPSA) is 64.3 Å². The smallest absolute Gasteiger partial charge is 0.258 e. The lowest BCUT2D eigenvalue weighted by Gasteiger charge is -2.31. The van der Waals surface area contributed by atoms with Gasteiger partial charge in [-0.3, -0.25) is 4.79 Å². The lowest BCUT2D eigenvalue weighted by Crippen LogP contribution is -2.42. The Morgan fingerprint density at radius 3 is 2.94 bits per heavy atom. The zero-order valence-electron chi connectivity index (χ0n) is 10.4. The number of hydrogen-bond acceptors (Lipinski definition) is 3. The molecule has 1 saturated heterocycles. The first-order valence-corrected chi connectivity index (χ1v) is 6.13. The van der Waals surface area contributed by atoms with Gasteiger partial charge in [-0.05, 0) is 43.9 Å². The van der Waals surface area contributed by atoms with Gasteiger partial charge in [-0.15, -0.1) is 0 Å². The number of piperidine rings is 1. The molecule has 18 heavy (non-hydrogen) atoms. The first-order valence-electron chi connectivity index (χ1n) is 6.13. The van der Waals surface area contributed by atoms with Gasteiger partial charge in [0, 0.05) is 6.54 Å². The Bertz CT molecular complexity index is 505. The summed E-state index contributed by atoms with van der Waals surface area (Å²) in [7, 11) is 0. The van der Waals surface area contributed by atoms with Crippen molar-refractivity contribution in [2.24, 2.45) is 0 Å². The van der Waals surface area contributed by atoms with Crippen molar-refractivity contribution < 1.29 is 9.90 Å². The molecule has 0 aromatic heterocycles. The number of nitriles is 1. The van der Waals surface area contributed by atoms with Gasteiger partial charge in [0.05, 0.1) is 11.6 Å². The average Bonchev–Trinajstić information content (AvgIpc) is 2.38. The van der Waals surface area contributed by atoms with Crippen LogP contribution in [-0.2, 0) is 0 Å². The molecule has 94 valence electrons. The van der Waals surface area contributed by atoms with E-state index in [4.69, 9.17) is 5.26 Å². The van der Waals surface area contributed by atoms with E-state index in [0.29, 0.717) is 6.54 Å². The van der Waals surface area contributed by atoms with E-state index in [1.54, 1.807) is 23.1 Å². The summed E-state index contributed by atoms with van der Waals surface area (Å²) in [4.78, 5) is 13.9. The molecule has 0 radical (unpaired) electrons. The fourth-order valence-corrected chi connectivity index (χ4v) is 2.29. The highest BCUT2D eigenvalue weighted by molar-refractivity contribution is 5.97.